The van der Waals surface area contributed by atoms with Crippen molar-refractivity contribution in [2.75, 3.05) is 7.11 Å². The Kier molecular flexibility index (Phi) is 3.87. The van der Waals surface area contributed by atoms with Crippen molar-refractivity contribution < 1.29 is 4.74 Å². The number of fused-ring (bicyclic) bond motifs is 1. The number of hydrogen-bond acceptors (Lipinski definition) is 5. The normalized spacial score (nSPS) is 14.3. The number of hydrogen-bond donors (Lipinski definition) is 0. The van der Waals surface area contributed by atoms with Gasteiger partial charge in [-0.2, -0.15) is 0 Å². The largest absolute Gasteiger partial charge is 0.497 e. The van der Waals surface area contributed by atoms with Crippen molar-refractivity contribution in [1.82, 2.24) is 9.55 Å². The van der Waals surface area contributed by atoms with Gasteiger partial charge in [0.1, 0.15) is 10.4 Å². The van der Waals surface area contributed by atoms with Crippen LogP contribution in [0, 0.1) is 0 Å². The lowest BCUT2D eigenvalue weighted by molar-refractivity contribution is 0.414. The third kappa shape index (κ3) is 2.88. The summed E-state index contributed by atoms with van der Waals surface area (Å²) in [5.74, 6) is 1.64. The molecule has 0 spiro atoms. The third-order valence-corrected chi connectivity index (χ3v) is 5.83. The van der Waals surface area contributed by atoms with Gasteiger partial charge in [-0.3, -0.25) is 9.36 Å². The van der Waals surface area contributed by atoms with Gasteiger partial charge in [-0.1, -0.05) is 23.9 Å². The van der Waals surface area contributed by atoms with E-state index in [2.05, 4.69) is 12.1 Å². The minimum absolute atomic E-state index is 0.115. The summed E-state index contributed by atoms with van der Waals surface area (Å²) in [7, 11) is 1.66. The molecule has 0 bridgehead atoms. The van der Waals surface area contributed by atoms with Gasteiger partial charge in [0.15, 0.2) is 5.16 Å². The van der Waals surface area contributed by atoms with Crippen LogP contribution in [-0.4, -0.2) is 16.7 Å². The molecule has 0 saturated heterocycles. The number of ether oxygens (including phenoxy) is 1. The maximum absolute atomic E-state index is 12.7. The van der Waals surface area contributed by atoms with E-state index >= 15 is 0 Å². The van der Waals surface area contributed by atoms with Crippen molar-refractivity contribution in [3.05, 3.63) is 51.6 Å². The Labute approximate surface area is 142 Å². The van der Waals surface area contributed by atoms with Crippen LogP contribution < -0.4 is 10.3 Å². The second kappa shape index (κ2) is 6.02. The molecule has 1 aliphatic rings. The molecule has 4 nitrogen and oxygen atoms in total. The highest BCUT2D eigenvalue weighted by Gasteiger charge is 2.28. The third-order valence-electron chi connectivity index (χ3n) is 3.92. The lowest BCUT2D eigenvalue weighted by Gasteiger charge is -2.11. The second-order valence-electron chi connectivity index (χ2n) is 5.57. The lowest BCUT2D eigenvalue weighted by atomic mass is 10.2. The van der Waals surface area contributed by atoms with Gasteiger partial charge in [0.25, 0.3) is 5.56 Å². The van der Waals surface area contributed by atoms with Gasteiger partial charge >= 0.3 is 0 Å². The molecule has 1 saturated carbocycles. The molecule has 0 unspecified atom stereocenters. The smallest absolute Gasteiger partial charge is 0.272 e. The van der Waals surface area contributed by atoms with Gasteiger partial charge in [0, 0.05) is 11.8 Å². The fourth-order valence-corrected chi connectivity index (χ4v) is 4.32. The molecule has 0 aliphatic heterocycles. The van der Waals surface area contributed by atoms with Crippen molar-refractivity contribution in [3.63, 3.8) is 0 Å². The molecule has 1 aliphatic carbocycles. The SMILES string of the molecule is COc1ccc(CSc2nc3ccsc3c(=O)n2C2CC2)cc1. The van der Waals surface area contributed by atoms with Gasteiger partial charge in [0.05, 0.1) is 12.6 Å². The van der Waals surface area contributed by atoms with Crippen LogP contribution in [0.5, 0.6) is 5.75 Å². The summed E-state index contributed by atoms with van der Waals surface area (Å²) in [6, 6.07) is 10.3. The Bertz CT molecular complexity index is 895. The molecular formula is C17H16N2O2S2. The zero-order chi connectivity index (χ0) is 15.8. The first-order chi connectivity index (χ1) is 11.3. The van der Waals surface area contributed by atoms with Crippen molar-refractivity contribution >= 4 is 33.3 Å². The van der Waals surface area contributed by atoms with E-state index in [1.807, 2.05) is 28.1 Å². The van der Waals surface area contributed by atoms with Crippen LogP contribution in [0.4, 0.5) is 0 Å². The number of thiophene rings is 1. The van der Waals surface area contributed by atoms with Gasteiger partial charge in [0.2, 0.25) is 0 Å². The van der Waals surface area contributed by atoms with Crippen LogP contribution in [0.3, 0.4) is 0 Å². The van der Waals surface area contributed by atoms with E-state index in [1.165, 1.54) is 16.9 Å². The number of aromatic nitrogens is 2. The minimum Gasteiger partial charge on any atom is -0.497 e. The first-order valence-electron chi connectivity index (χ1n) is 7.52. The fourth-order valence-electron chi connectivity index (χ4n) is 2.53. The van der Waals surface area contributed by atoms with E-state index in [0.29, 0.717) is 6.04 Å². The van der Waals surface area contributed by atoms with Crippen LogP contribution in [0.25, 0.3) is 10.2 Å². The molecule has 23 heavy (non-hydrogen) atoms. The molecule has 4 rings (SSSR count). The van der Waals surface area contributed by atoms with Gasteiger partial charge in [-0.25, -0.2) is 4.98 Å². The summed E-state index contributed by atoms with van der Waals surface area (Å²) >= 11 is 3.11. The molecule has 3 aromatic rings. The monoisotopic (exact) mass is 344 g/mol. The number of thioether (sulfide) groups is 1. The topological polar surface area (TPSA) is 44.1 Å². The standard InChI is InChI=1S/C17H16N2O2S2/c1-21-13-6-2-11(3-7-13)10-23-17-18-14-8-9-22-15(14)16(20)19(17)12-4-5-12/h2-3,6-9,12H,4-5,10H2,1H3. The van der Waals surface area contributed by atoms with Crippen LogP contribution in [0.1, 0.15) is 24.4 Å². The Morgan fingerprint density at radius 2 is 2.09 bits per heavy atom. The molecule has 2 aromatic heterocycles. The van der Waals surface area contributed by atoms with Gasteiger partial charge in [-0.15, -0.1) is 11.3 Å². The Morgan fingerprint density at radius 1 is 1.30 bits per heavy atom. The highest BCUT2D eigenvalue weighted by molar-refractivity contribution is 7.98. The van der Waals surface area contributed by atoms with Crippen molar-refractivity contribution in [2.24, 2.45) is 0 Å². The first-order valence-corrected chi connectivity index (χ1v) is 9.38. The quantitative estimate of drug-likeness (QED) is 0.516. The van der Waals surface area contributed by atoms with E-state index in [4.69, 9.17) is 9.72 Å². The first kappa shape index (κ1) is 14.8. The number of nitrogens with zero attached hydrogens (tertiary/aromatic N) is 2. The lowest BCUT2D eigenvalue weighted by Crippen LogP contribution is -2.21. The van der Waals surface area contributed by atoms with Crippen LogP contribution in [-0.2, 0) is 5.75 Å². The molecule has 0 atom stereocenters. The van der Waals surface area contributed by atoms with E-state index in [9.17, 15) is 4.79 Å². The number of benzene rings is 1. The summed E-state index contributed by atoms with van der Waals surface area (Å²) in [6.45, 7) is 0. The molecule has 118 valence electrons. The molecule has 2 heterocycles. The van der Waals surface area contributed by atoms with E-state index in [1.54, 1.807) is 18.9 Å². The Balaban J connectivity index is 1.64. The zero-order valence-corrected chi connectivity index (χ0v) is 14.3. The molecule has 1 fully saturated rings. The molecule has 0 radical (unpaired) electrons. The maximum Gasteiger partial charge on any atom is 0.272 e. The molecule has 6 heteroatoms. The summed E-state index contributed by atoms with van der Waals surface area (Å²) in [5.41, 5.74) is 2.12. The molecule has 1 aromatic carbocycles. The van der Waals surface area contributed by atoms with Crippen molar-refractivity contribution in [1.29, 1.82) is 0 Å². The Morgan fingerprint density at radius 3 is 2.78 bits per heavy atom. The summed E-state index contributed by atoms with van der Waals surface area (Å²) in [4.78, 5) is 17.4. The van der Waals surface area contributed by atoms with Crippen LogP contribution >= 0.6 is 23.1 Å². The predicted octanol–water partition coefficient (Wildman–Crippen LogP) is 4.09. The van der Waals surface area contributed by atoms with Gasteiger partial charge < -0.3 is 4.74 Å². The number of rotatable bonds is 5. The average molecular weight is 344 g/mol. The maximum atomic E-state index is 12.7. The zero-order valence-electron chi connectivity index (χ0n) is 12.7. The molecule has 0 amide bonds. The molecular weight excluding hydrogens is 328 g/mol. The highest BCUT2D eigenvalue weighted by Crippen LogP contribution is 2.37. The van der Waals surface area contributed by atoms with E-state index in [0.717, 1.165) is 39.7 Å². The second-order valence-corrected chi connectivity index (χ2v) is 7.43. The van der Waals surface area contributed by atoms with Crippen molar-refractivity contribution in [2.45, 2.75) is 29.8 Å². The van der Waals surface area contributed by atoms with E-state index in [-0.39, 0.29) is 5.56 Å². The fraction of sp³-hybridized carbons (Fsp3) is 0.294. The Hall–Kier alpha value is -1.79. The van der Waals surface area contributed by atoms with Crippen LogP contribution in [0.2, 0.25) is 0 Å². The highest BCUT2D eigenvalue weighted by atomic mass is 32.2. The van der Waals surface area contributed by atoms with Crippen LogP contribution in [0.15, 0.2) is 45.7 Å². The summed E-state index contributed by atoms with van der Waals surface area (Å²) in [5, 5.41) is 2.77. The molecule has 0 N–H and O–H groups in total. The van der Waals surface area contributed by atoms with E-state index < -0.39 is 0 Å². The minimum atomic E-state index is 0.115. The summed E-state index contributed by atoms with van der Waals surface area (Å²) < 4.78 is 7.85. The van der Waals surface area contributed by atoms with Gasteiger partial charge in [-0.05, 0) is 42.0 Å². The van der Waals surface area contributed by atoms with Crippen molar-refractivity contribution in [3.8, 4) is 5.75 Å². The predicted molar refractivity (Wildman–Crippen MR) is 94.7 cm³/mol. The average Bonchev–Trinajstić information content (AvgIpc) is 3.30. The summed E-state index contributed by atoms with van der Waals surface area (Å²) in [6.07, 6.45) is 2.16. The number of methoxy groups -OCH3 is 1.